The second kappa shape index (κ2) is 5.64. The molecule has 0 amide bonds. The highest BCUT2D eigenvalue weighted by molar-refractivity contribution is 5.36. The van der Waals surface area contributed by atoms with Gasteiger partial charge in [0.1, 0.15) is 5.75 Å². The number of methoxy groups -OCH3 is 1. The lowest BCUT2D eigenvalue weighted by molar-refractivity contribution is 0.110. The molecule has 0 N–H and O–H groups in total. The SMILES string of the molecule is COc1ccccc1C1CCN([C@@H]2C[C@H]3CC[C@H]2C3)CC1. The fourth-order valence-corrected chi connectivity index (χ4v) is 5.20. The first-order valence-electron chi connectivity index (χ1n) is 8.72. The average molecular weight is 285 g/mol. The zero-order valence-corrected chi connectivity index (χ0v) is 13.1. The summed E-state index contributed by atoms with van der Waals surface area (Å²) in [7, 11) is 1.79. The van der Waals surface area contributed by atoms with Gasteiger partial charge in [-0.15, -0.1) is 0 Å². The maximum atomic E-state index is 5.55. The van der Waals surface area contributed by atoms with E-state index >= 15 is 0 Å². The quantitative estimate of drug-likeness (QED) is 0.830. The Balaban J connectivity index is 1.40. The lowest BCUT2D eigenvalue weighted by atomic mass is 9.86. The van der Waals surface area contributed by atoms with Crippen molar-refractivity contribution in [2.75, 3.05) is 20.2 Å². The summed E-state index contributed by atoms with van der Waals surface area (Å²) in [6.45, 7) is 2.58. The summed E-state index contributed by atoms with van der Waals surface area (Å²) in [6, 6.07) is 9.52. The molecule has 1 aromatic carbocycles. The highest BCUT2D eigenvalue weighted by Gasteiger charge is 2.42. The molecule has 2 heteroatoms. The van der Waals surface area contributed by atoms with Gasteiger partial charge in [0.25, 0.3) is 0 Å². The molecular weight excluding hydrogens is 258 g/mol. The summed E-state index contributed by atoms with van der Waals surface area (Å²) in [5.41, 5.74) is 1.42. The van der Waals surface area contributed by atoms with E-state index in [1.54, 1.807) is 7.11 Å². The molecule has 0 unspecified atom stereocenters. The number of nitrogens with zero attached hydrogens (tertiary/aromatic N) is 1. The van der Waals surface area contributed by atoms with Crippen LogP contribution >= 0.6 is 0 Å². The van der Waals surface area contributed by atoms with Gasteiger partial charge in [-0.25, -0.2) is 0 Å². The fourth-order valence-electron chi connectivity index (χ4n) is 5.20. The number of ether oxygens (including phenoxy) is 1. The second-order valence-electron chi connectivity index (χ2n) is 7.29. The highest BCUT2D eigenvalue weighted by atomic mass is 16.5. The van der Waals surface area contributed by atoms with Crippen molar-refractivity contribution < 1.29 is 4.74 Å². The van der Waals surface area contributed by atoms with Gasteiger partial charge in [0.15, 0.2) is 0 Å². The molecule has 2 aliphatic carbocycles. The van der Waals surface area contributed by atoms with Crippen LogP contribution in [-0.4, -0.2) is 31.1 Å². The summed E-state index contributed by atoms with van der Waals surface area (Å²) in [6.07, 6.45) is 8.63. The maximum absolute atomic E-state index is 5.55. The Bertz CT molecular complexity index is 492. The third kappa shape index (κ3) is 2.48. The zero-order valence-electron chi connectivity index (χ0n) is 13.1. The van der Waals surface area contributed by atoms with Crippen LogP contribution in [0.1, 0.15) is 50.0 Å². The predicted octanol–water partition coefficient (Wildman–Crippen LogP) is 4.06. The number of para-hydroxylation sites is 1. The Labute approximate surface area is 128 Å². The van der Waals surface area contributed by atoms with Gasteiger partial charge in [0.2, 0.25) is 0 Å². The van der Waals surface area contributed by atoms with Gasteiger partial charge in [0.05, 0.1) is 7.11 Å². The largest absolute Gasteiger partial charge is 0.496 e. The highest BCUT2D eigenvalue weighted by Crippen LogP contribution is 2.47. The molecule has 1 aliphatic heterocycles. The number of hydrogen-bond acceptors (Lipinski definition) is 2. The summed E-state index contributed by atoms with van der Waals surface area (Å²) < 4.78 is 5.55. The van der Waals surface area contributed by atoms with E-state index in [-0.39, 0.29) is 0 Å². The van der Waals surface area contributed by atoms with Crippen molar-refractivity contribution in [1.82, 2.24) is 4.90 Å². The molecular formula is C19H27NO. The molecule has 0 spiro atoms. The van der Waals surface area contributed by atoms with E-state index in [0.717, 1.165) is 23.6 Å². The number of benzene rings is 1. The molecule has 1 saturated heterocycles. The van der Waals surface area contributed by atoms with Gasteiger partial charge >= 0.3 is 0 Å². The zero-order chi connectivity index (χ0) is 14.2. The van der Waals surface area contributed by atoms with Crippen LogP contribution in [0.3, 0.4) is 0 Å². The number of piperidine rings is 1. The Hall–Kier alpha value is -1.02. The fraction of sp³-hybridized carbons (Fsp3) is 0.684. The van der Waals surface area contributed by atoms with Gasteiger partial charge in [-0.2, -0.15) is 0 Å². The third-order valence-electron chi connectivity index (χ3n) is 6.28. The van der Waals surface area contributed by atoms with Crippen molar-refractivity contribution in [1.29, 1.82) is 0 Å². The smallest absolute Gasteiger partial charge is 0.122 e. The van der Waals surface area contributed by atoms with Crippen LogP contribution in [0.15, 0.2) is 24.3 Å². The standard InChI is InChI=1S/C19H27NO/c1-21-19-5-3-2-4-17(19)15-8-10-20(11-9-15)18-13-14-6-7-16(18)12-14/h2-5,14-16,18H,6-13H2,1H3/t14-,16-,18+/m0/s1. The van der Waals surface area contributed by atoms with E-state index in [1.807, 2.05) is 0 Å². The summed E-state index contributed by atoms with van der Waals surface area (Å²) in [5, 5.41) is 0. The van der Waals surface area contributed by atoms with Crippen LogP contribution in [0.5, 0.6) is 5.75 Å². The van der Waals surface area contributed by atoms with Gasteiger partial charge in [-0.1, -0.05) is 24.6 Å². The van der Waals surface area contributed by atoms with Crippen molar-refractivity contribution in [3.63, 3.8) is 0 Å². The molecule has 114 valence electrons. The molecule has 1 aromatic rings. The van der Waals surface area contributed by atoms with Gasteiger partial charge in [-0.3, -0.25) is 0 Å². The molecule has 2 bridgehead atoms. The minimum Gasteiger partial charge on any atom is -0.496 e. The van der Waals surface area contributed by atoms with Crippen molar-refractivity contribution in [2.24, 2.45) is 11.8 Å². The van der Waals surface area contributed by atoms with E-state index in [1.165, 1.54) is 57.2 Å². The minimum atomic E-state index is 0.691. The van der Waals surface area contributed by atoms with Crippen LogP contribution in [0.2, 0.25) is 0 Å². The first-order chi connectivity index (χ1) is 10.3. The van der Waals surface area contributed by atoms with Crippen molar-refractivity contribution in [3.8, 4) is 5.75 Å². The van der Waals surface area contributed by atoms with E-state index in [4.69, 9.17) is 4.74 Å². The normalized spacial score (nSPS) is 33.5. The van der Waals surface area contributed by atoms with Gasteiger partial charge < -0.3 is 9.64 Å². The van der Waals surface area contributed by atoms with Crippen LogP contribution in [0.4, 0.5) is 0 Å². The van der Waals surface area contributed by atoms with E-state index in [9.17, 15) is 0 Å². The molecule has 3 atom stereocenters. The van der Waals surface area contributed by atoms with E-state index < -0.39 is 0 Å². The summed E-state index contributed by atoms with van der Waals surface area (Å²) in [4.78, 5) is 2.82. The first-order valence-corrected chi connectivity index (χ1v) is 8.72. The Kier molecular flexibility index (Phi) is 3.66. The second-order valence-corrected chi connectivity index (χ2v) is 7.29. The molecule has 0 aromatic heterocycles. The number of fused-ring (bicyclic) bond motifs is 2. The molecule has 4 rings (SSSR count). The van der Waals surface area contributed by atoms with Crippen molar-refractivity contribution in [3.05, 3.63) is 29.8 Å². The molecule has 2 saturated carbocycles. The van der Waals surface area contributed by atoms with Gasteiger partial charge in [-0.05, 0) is 74.6 Å². The average Bonchev–Trinajstić information content (AvgIpc) is 3.18. The predicted molar refractivity (Wildman–Crippen MR) is 85.8 cm³/mol. The Morgan fingerprint density at radius 1 is 1.00 bits per heavy atom. The molecule has 2 nitrogen and oxygen atoms in total. The number of hydrogen-bond donors (Lipinski definition) is 0. The van der Waals surface area contributed by atoms with Crippen LogP contribution in [0.25, 0.3) is 0 Å². The van der Waals surface area contributed by atoms with Crippen LogP contribution in [-0.2, 0) is 0 Å². The van der Waals surface area contributed by atoms with Gasteiger partial charge in [0, 0.05) is 6.04 Å². The molecule has 1 heterocycles. The van der Waals surface area contributed by atoms with E-state index in [2.05, 4.69) is 29.2 Å². The Morgan fingerprint density at radius 3 is 2.48 bits per heavy atom. The first kappa shape index (κ1) is 13.6. The lowest BCUT2D eigenvalue weighted by Gasteiger charge is -2.40. The molecule has 3 fully saturated rings. The van der Waals surface area contributed by atoms with Crippen molar-refractivity contribution >= 4 is 0 Å². The van der Waals surface area contributed by atoms with Crippen LogP contribution in [0, 0.1) is 11.8 Å². The van der Waals surface area contributed by atoms with Crippen molar-refractivity contribution in [2.45, 2.75) is 50.5 Å². The number of rotatable bonds is 3. The summed E-state index contributed by atoms with van der Waals surface area (Å²) in [5.74, 6) is 3.86. The molecule has 0 radical (unpaired) electrons. The minimum absolute atomic E-state index is 0.691. The molecule has 21 heavy (non-hydrogen) atoms. The lowest BCUT2D eigenvalue weighted by Crippen LogP contribution is -2.43. The van der Waals surface area contributed by atoms with Crippen LogP contribution < -0.4 is 4.74 Å². The topological polar surface area (TPSA) is 12.5 Å². The maximum Gasteiger partial charge on any atom is 0.122 e. The van der Waals surface area contributed by atoms with E-state index in [0.29, 0.717) is 5.92 Å². The summed E-state index contributed by atoms with van der Waals surface area (Å²) >= 11 is 0. The molecule has 3 aliphatic rings. The number of likely N-dealkylation sites (tertiary alicyclic amines) is 1. The third-order valence-corrected chi connectivity index (χ3v) is 6.28. The monoisotopic (exact) mass is 285 g/mol. The Morgan fingerprint density at radius 2 is 1.81 bits per heavy atom.